The van der Waals surface area contributed by atoms with Crippen LogP contribution in [-0.2, 0) is 10.0 Å². The number of sulfonamides is 1. The van der Waals surface area contributed by atoms with Crippen LogP contribution < -0.4 is 9.62 Å². The Balaban J connectivity index is 1.48. The van der Waals surface area contributed by atoms with Gasteiger partial charge in [0.15, 0.2) is 0 Å². The number of nitrogens with zero attached hydrogens (tertiary/aromatic N) is 3. The Hall–Kier alpha value is -2.51. The highest BCUT2D eigenvalue weighted by molar-refractivity contribution is 7.89. The molecule has 7 heteroatoms. The Morgan fingerprint density at radius 1 is 1.00 bits per heavy atom. The van der Waals surface area contributed by atoms with Gasteiger partial charge < -0.3 is 4.90 Å². The Morgan fingerprint density at radius 2 is 1.75 bits per heavy atom. The summed E-state index contributed by atoms with van der Waals surface area (Å²) in [5, 5.41) is 0.836. The summed E-state index contributed by atoms with van der Waals surface area (Å²) in [5.41, 5.74) is 2.65. The second-order valence-corrected chi connectivity index (χ2v) is 9.10. The van der Waals surface area contributed by atoms with Crippen LogP contribution in [0, 0.1) is 13.8 Å². The number of hydrogen-bond donors (Lipinski definition) is 1. The normalized spacial score (nSPS) is 15.9. The van der Waals surface area contributed by atoms with E-state index >= 15 is 0 Å². The van der Waals surface area contributed by atoms with Gasteiger partial charge >= 0.3 is 0 Å². The average molecular weight is 397 g/mol. The number of hydrogen-bond acceptors (Lipinski definition) is 5. The minimum absolute atomic E-state index is 0.0904. The zero-order valence-corrected chi connectivity index (χ0v) is 16.9. The van der Waals surface area contributed by atoms with Gasteiger partial charge in [-0.05, 0) is 56.0 Å². The molecule has 0 atom stereocenters. The van der Waals surface area contributed by atoms with E-state index < -0.39 is 10.0 Å². The first-order chi connectivity index (χ1) is 13.4. The van der Waals surface area contributed by atoms with Crippen molar-refractivity contribution in [1.29, 1.82) is 0 Å². The van der Waals surface area contributed by atoms with E-state index in [1.54, 1.807) is 18.3 Å². The number of rotatable bonds is 4. The number of para-hydroxylation sites is 1. The van der Waals surface area contributed by atoms with E-state index in [1.165, 1.54) is 0 Å². The minimum atomic E-state index is -3.63. The minimum Gasteiger partial charge on any atom is -0.357 e. The summed E-state index contributed by atoms with van der Waals surface area (Å²) in [6.07, 6.45) is 5.05. The van der Waals surface area contributed by atoms with Gasteiger partial charge in [-0.3, -0.25) is 4.98 Å². The zero-order chi connectivity index (χ0) is 19.7. The van der Waals surface area contributed by atoms with Crippen LogP contribution in [0.2, 0.25) is 0 Å². The number of pyridine rings is 2. The van der Waals surface area contributed by atoms with Gasteiger partial charge in [0.05, 0.1) is 5.52 Å². The predicted molar refractivity (Wildman–Crippen MR) is 111 cm³/mol. The third-order valence-electron chi connectivity index (χ3n) is 5.14. The highest BCUT2D eigenvalue weighted by Crippen LogP contribution is 2.24. The Morgan fingerprint density at radius 3 is 2.46 bits per heavy atom. The van der Waals surface area contributed by atoms with Gasteiger partial charge in [0.1, 0.15) is 10.7 Å². The molecule has 1 aromatic carbocycles. The molecule has 0 unspecified atom stereocenters. The van der Waals surface area contributed by atoms with Crippen molar-refractivity contribution >= 4 is 26.7 Å². The number of anilines is 1. The average Bonchev–Trinajstić information content (AvgIpc) is 2.68. The van der Waals surface area contributed by atoms with Gasteiger partial charge in [0.25, 0.3) is 0 Å². The van der Waals surface area contributed by atoms with Crippen LogP contribution in [0.4, 0.5) is 5.82 Å². The Kier molecular flexibility index (Phi) is 5.03. The molecule has 6 nitrogen and oxygen atoms in total. The molecular weight excluding hydrogens is 372 g/mol. The van der Waals surface area contributed by atoms with Crippen molar-refractivity contribution in [3.05, 3.63) is 59.9 Å². The fraction of sp³-hybridized carbons (Fsp3) is 0.333. The van der Waals surface area contributed by atoms with Gasteiger partial charge in [-0.2, -0.15) is 0 Å². The number of aryl methyl sites for hydroxylation is 2. The molecule has 1 aliphatic heterocycles. The monoisotopic (exact) mass is 396 g/mol. The van der Waals surface area contributed by atoms with Crippen molar-refractivity contribution in [3.8, 4) is 0 Å². The molecule has 28 heavy (non-hydrogen) atoms. The van der Waals surface area contributed by atoms with Gasteiger partial charge in [-0.25, -0.2) is 18.1 Å². The van der Waals surface area contributed by atoms with Crippen molar-refractivity contribution in [2.75, 3.05) is 18.0 Å². The van der Waals surface area contributed by atoms with Crippen LogP contribution in [0.3, 0.4) is 0 Å². The molecule has 1 aliphatic rings. The van der Waals surface area contributed by atoms with Crippen molar-refractivity contribution < 1.29 is 8.42 Å². The lowest BCUT2D eigenvalue weighted by atomic mass is 10.1. The van der Waals surface area contributed by atoms with Gasteiger partial charge in [-0.15, -0.1) is 0 Å². The lowest BCUT2D eigenvalue weighted by Crippen LogP contribution is -2.44. The molecular formula is C21H24N4O2S. The lowest BCUT2D eigenvalue weighted by Gasteiger charge is -2.33. The molecule has 0 radical (unpaired) electrons. The standard InChI is InChI=1S/C21H24N4O2S/c1-15-6-7-20(22-13-15)25-10-8-18(9-11-25)24-28(26,27)19-5-3-4-17-12-16(2)14-23-21(17)19/h3-7,12-14,18,24H,8-11H2,1-2H3. The molecule has 0 amide bonds. The number of nitrogens with one attached hydrogen (secondary N) is 1. The van der Waals surface area contributed by atoms with Crippen LogP contribution in [0.25, 0.3) is 10.9 Å². The Labute approximate surface area is 165 Å². The topological polar surface area (TPSA) is 75.2 Å². The van der Waals surface area contributed by atoms with E-state index in [1.807, 2.05) is 44.3 Å². The maximum absolute atomic E-state index is 13.0. The Bertz CT molecular complexity index is 1090. The van der Waals surface area contributed by atoms with E-state index in [-0.39, 0.29) is 10.9 Å². The first-order valence-electron chi connectivity index (χ1n) is 9.48. The lowest BCUT2D eigenvalue weighted by molar-refractivity contribution is 0.458. The third kappa shape index (κ3) is 3.86. The summed E-state index contributed by atoms with van der Waals surface area (Å²) in [5.74, 6) is 0.945. The fourth-order valence-electron chi connectivity index (χ4n) is 3.62. The second-order valence-electron chi connectivity index (χ2n) is 7.42. The number of aromatic nitrogens is 2. The predicted octanol–water partition coefficient (Wildman–Crippen LogP) is 3.19. The van der Waals surface area contributed by atoms with Gasteiger partial charge in [0, 0.05) is 36.9 Å². The van der Waals surface area contributed by atoms with E-state index in [4.69, 9.17) is 0 Å². The summed E-state index contributed by atoms with van der Waals surface area (Å²) < 4.78 is 28.9. The molecule has 3 heterocycles. The number of fused-ring (bicyclic) bond motifs is 1. The molecule has 1 fully saturated rings. The van der Waals surface area contributed by atoms with E-state index in [2.05, 4.69) is 19.6 Å². The molecule has 0 saturated carbocycles. The molecule has 1 saturated heterocycles. The maximum atomic E-state index is 13.0. The SMILES string of the molecule is Cc1ccc(N2CCC(NS(=O)(=O)c3cccc4cc(C)cnc34)CC2)nc1. The van der Waals surface area contributed by atoms with E-state index in [9.17, 15) is 8.42 Å². The van der Waals surface area contributed by atoms with E-state index in [0.29, 0.717) is 5.52 Å². The molecule has 0 aliphatic carbocycles. The molecule has 3 aromatic rings. The first-order valence-corrected chi connectivity index (χ1v) is 11.0. The molecule has 146 valence electrons. The summed E-state index contributed by atoms with van der Waals surface area (Å²) >= 11 is 0. The summed E-state index contributed by atoms with van der Waals surface area (Å²) in [6, 6.07) is 11.2. The zero-order valence-electron chi connectivity index (χ0n) is 16.1. The molecule has 0 spiro atoms. The quantitative estimate of drug-likeness (QED) is 0.733. The van der Waals surface area contributed by atoms with E-state index in [0.717, 1.165) is 48.3 Å². The van der Waals surface area contributed by atoms with Crippen LogP contribution in [0.5, 0.6) is 0 Å². The van der Waals surface area contributed by atoms with Crippen molar-refractivity contribution in [3.63, 3.8) is 0 Å². The largest absolute Gasteiger partial charge is 0.357 e. The smallest absolute Gasteiger partial charge is 0.242 e. The van der Waals surface area contributed by atoms with Crippen molar-refractivity contribution in [2.24, 2.45) is 0 Å². The number of benzene rings is 1. The van der Waals surface area contributed by atoms with Crippen molar-refractivity contribution in [1.82, 2.24) is 14.7 Å². The van der Waals surface area contributed by atoms with Crippen LogP contribution in [0.15, 0.2) is 53.7 Å². The van der Waals surface area contributed by atoms with Crippen LogP contribution in [0.1, 0.15) is 24.0 Å². The summed E-state index contributed by atoms with van der Waals surface area (Å²) in [6.45, 7) is 5.51. The first kappa shape index (κ1) is 18.8. The molecule has 1 N–H and O–H groups in total. The second kappa shape index (κ2) is 7.48. The fourth-order valence-corrected chi connectivity index (χ4v) is 5.10. The van der Waals surface area contributed by atoms with Crippen LogP contribution in [-0.4, -0.2) is 37.5 Å². The van der Waals surface area contributed by atoms with Crippen molar-refractivity contribution in [2.45, 2.75) is 37.6 Å². The molecule has 4 rings (SSSR count). The van der Waals surface area contributed by atoms with Crippen LogP contribution >= 0.6 is 0 Å². The maximum Gasteiger partial charge on any atom is 0.242 e. The highest BCUT2D eigenvalue weighted by atomic mass is 32.2. The summed E-state index contributed by atoms with van der Waals surface area (Å²) in [7, 11) is -3.63. The third-order valence-corrected chi connectivity index (χ3v) is 6.69. The highest BCUT2D eigenvalue weighted by Gasteiger charge is 2.26. The molecule has 0 bridgehead atoms. The van der Waals surface area contributed by atoms with Gasteiger partial charge in [0.2, 0.25) is 10.0 Å². The number of piperidine rings is 1. The molecule has 2 aromatic heterocycles. The summed E-state index contributed by atoms with van der Waals surface area (Å²) in [4.78, 5) is 11.3. The van der Waals surface area contributed by atoms with Gasteiger partial charge in [-0.1, -0.05) is 18.2 Å².